The van der Waals surface area contributed by atoms with Crippen LogP contribution < -0.4 is 0 Å². The predicted molar refractivity (Wildman–Crippen MR) is 49.5 cm³/mol. The predicted octanol–water partition coefficient (Wildman–Crippen LogP) is 1.97. The van der Waals surface area contributed by atoms with Crippen molar-refractivity contribution < 1.29 is 0 Å². The zero-order chi connectivity index (χ0) is 8.43. The van der Waals surface area contributed by atoms with Gasteiger partial charge in [0, 0.05) is 6.04 Å². The largest absolute Gasteiger partial charge is 0.348 e. The Labute approximate surface area is 71.6 Å². The van der Waals surface area contributed by atoms with Crippen LogP contribution >= 0.6 is 0 Å². The van der Waals surface area contributed by atoms with E-state index in [1.165, 1.54) is 19.3 Å². The van der Waals surface area contributed by atoms with E-state index in [1.54, 1.807) is 0 Å². The molecule has 1 aliphatic heterocycles. The lowest BCUT2D eigenvalue weighted by molar-refractivity contribution is 0.309. The highest BCUT2D eigenvalue weighted by Gasteiger charge is 2.32. The van der Waals surface area contributed by atoms with Crippen molar-refractivity contribution in [3.05, 3.63) is 0 Å². The van der Waals surface area contributed by atoms with Crippen LogP contribution in [0.25, 0.3) is 0 Å². The van der Waals surface area contributed by atoms with E-state index in [9.17, 15) is 0 Å². The Hall–Kier alpha value is 0.0249. The summed E-state index contributed by atoms with van der Waals surface area (Å²) in [4.78, 5) is 2.07. The summed E-state index contributed by atoms with van der Waals surface area (Å²) in [7, 11) is 5.97. The van der Waals surface area contributed by atoms with Crippen molar-refractivity contribution in [1.82, 2.24) is 4.81 Å². The molecule has 62 valence electrons. The fourth-order valence-corrected chi connectivity index (χ4v) is 2.26. The summed E-state index contributed by atoms with van der Waals surface area (Å²) in [5.41, 5.74) is 0. The zero-order valence-corrected chi connectivity index (χ0v) is 7.88. The first kappa shape index (κ1) is 9.12. The first-order valence-corrected chi connectivity index (χ1v) is 4.73. The second kappa shape index (κ2) is 3.62. The molecular formula is C9H18BN. The van der Waals surface area contributed by atoms with Gasteiger partial charge in [0.1, 0.15) is 0 Å². The summed E-state index contributed by atoms with van der Waals surface area (Å²) in [5.74, 6) is 0.787. The van der Waals surface area contributed by atoms with Crippen LogP contribution in [0, 0.1) is 5.92 Å². The fourth-order valence-electron chi connectivity index (χ4n) is 2.26. The fraction of sp³-hybridized carbons (Fsp3) is 1.00. The highest BCUT2D eigenvalue weighted by atomic mass is 15.1. The van der Waals surface area contributed by atoms with Crippen LogP contribution in [-0.2, 0) is 0 Å². The Kier molecular flexibility index (Phi) is 3.00. The number of hydrogen-bond donors (Lipinski definition) is 0. The third kappa shape index (κ3) is 1.61. The Morgan fingerprint density at radius 2 is 2.00 bits per heavy atom. The molecule has 0 spiro atoms. The molecular weight excluding hydrogens is 133 g/mol. The van der Waals surface area contributed by atoms with Crippen molar-refractivity contribution in [3.63, 3.8) is 0 Å². The molecule has 3 atom stereocenters. The summed E-state index contributed by atoms with van der Waals surface area (Å²) in [5, 5.41) is 0. The monoisotopic (exact) mass is 151 g/mol. The van der Waals surface area contributed by atoms with Crippen LogP contribution in [0.1, 0.15) is 40.0 Å². The Bertz CT molecular complexity index is 127. The topological polar surface area (TPSA) is 3.24 Å². The Balaban J connectivity index is 2.55. The minimum atomic E-state index is 0.625. The first-order valence-electron chi connectivity index (χ1n) is 4.73. The number of hydrogen-bond acceptors (Lipinski definition) is 1. The smallest absolute Gasteiger partial charge is 0.183 e. The van der Waals surface area contributed by atoms with Gasteiger partial charge in [0.05, 0.1) is 0 Å². The molecule has 1 aliphatic rings. The zero-order valence-electron chi connectivity index (χ0n) is 7.88. The van der Waals surface area contributed by atoms with Crippen LogP contribution in [0.2, 0.25) is 0 Å². The Morgan fingerprint density at radius 1 is 1.36 bits per heavy atom. The molecule has 1 rings (SSSR count). The van der Waals surface area contributed by atoms with E-state index in [1.807, 2.05) is 0 Å². The van der Waals surface area contributed by atoms with E-state index in [4.69, 9.17) is 7.98 Å². The average molecular weight is 151 g/mol. The molecule has 0 aliphatic carbocycles. The van der Waals surface area contributed by atoms with Gasteiger partial charge in [-0.2, -0.15) is 0 Å². The lowest BCUT2D eigenvalue weighted by Crippen LogP contribution is -2.34. The molecule has 1 fully saturated rings. The van der Waals surface area contributed by atoms with Crippen molar-refractivity contribution in [2.45, 2.75) is 52.1 Å². The number of nitrogens with zero attached hydrogens (tertiary/aromatic N) is 1. The standard InChI is InChI=1S/C9H18BN/c1-4-8-6-7(3)9(5-2)11(8)10/h7-9H,4-6H2,1-3H3. The third-order valence-electron chi connectivity index (χ3n) is 2.99. The summed E-state index contributed by atoms with van der Waals surface area (Å²) in [6.07, 6.45) is 3.66. The van der Waals surface area contributed by atoms with Crippen molar-refractivity contribution >= 4 is 7.98 Å². The second-order valence-corrected chi connectivity index (χ2v) is 3.70. The molecule has 0 N–H and O–H groups in total. The van der Waals surface area contributed by atoms with Crippen LogP contribution in [0.4, 0.5) is 0 Å². The molecule has 1 saturated heterocycles. The average Bonchev–Trinajstić information content (AvgIpc) is 2.26. The van der Waals surface area contributed by atoms with Crippen LogP contribution in [0.3, 0.4) is 0 Å². The molecule has 0 aromatic carbocycles. The van der Waals surface area contributed by atoms with E-state index >= 15 is 0 Å². The van der Waals surface area contributed by atoms with E-state index < -0.39 is 0 Å². The minimum Gasteiger partial charge on any atom is -0.348 e. The lowest BCUT2D eigenvalue weighted by atomic mass is 9.99. The van der Waals surface area contributed by atoms with Crippen molar-refractivity contribution in [2.24, 2.45) is 5.92 Å². The van der Waals surface area contributed by atoms with Crippen molar-refractivity contribution in [1.29, 1.82) is 0 Å². The molecule has 2 radical (unpaired) electrons. The molecule has 1 heterocycles. The van der Waals surface area contributed by atoms with E-state index in [0.29, 0.717) is 12.1 Å². The summed E-state index contributed by atoms with van der Waals surface area (Å²) < 4.78 is 0. The quantitative estimate of drug-likeness (QED) is 0.545. The molecule has 11 heavy (non-hydrogen) atoms. The maximum atomic E-state index is 5.97. The van der Waals surface area contributed by atoms with Gasteiger partial charge in [-0.05, 0) is 31.2 Å². The normalized spacial score (nSPS) is 39.7. The minimum absolute atomic E-state index is 0.625. The van der Waals surface area contributed by atoms with E-state index in [-0.39, 0.29) is 0 Å². The molecule has 1 nitrogen and oxygen atoms in total. The summed E-state index contributed by atoms with van der Waals surface area (Å²) >= 11 is 0. The van der Waals surface area contributed by atoms with Crippen LogP contribution in [-0.4, -0.2) is 24.9 Å². The van der Waals surface area contributed by atoms with Gasteiger partial charge in [-0.25, -0.2) is 0 Å². The highest BCUT2D eigenvalue weighted by molar-refractivity contribution is 6.05. The molecule has 0 aromatic rings. The van der Waals surface area contributed by atoms with Crippen molar-refractivity contribution in [3.8, 4) is 0 Å². The first-order chi connectivity index (χ1) is 5.20. The maximum absolute atomic E-state index is 5.97. The number of rotatable bonds is 2. The Morgan fingerprint density at radius 3 is 2.27 bits per heavy atom. The van der Waals surface area contributed by atoms with Crippen LogP contribution in [0.15, 0.2) is 0 Å². The highest BCUT2D eigenvalue weighted by Crippen LogP contribution is 2.30. The van der Waals surface area contributed by atoms with Gasteiger partial charge in [-0.1, -0.05) is 20.8 Å². The van der Waals surface area contributed by atoms with Gasteiger partial charge < -0.3 is 4.81 Å². The SMILES string of the molecule is [B]N1C(CC)CC(C)C1CC. The summed E-state index contributed by atoms with van der Waals surface area (Å²) in [6.45, 7) is 6.75. The van der Waals surface area contributed by atoms with Crippen LogP contribution in [0.5, 0.6) is 0 Å². The van der Waals surface area contributed by atoms with E-state index in [2.05, 4.69) is 25.6 Å². The lowest BCUT2D eigenvalue weighted by Gasteiger charge is -2.25. The van der Waals surface area contributed by atoms with E-state index in [0.717, 1.165) is 5.92 Å². The summed E-state index contributed by atoms with van der Waals surface area (Å²) in [6, 6.07) is 1.26. The van der Waals surface area contributed by atoms with Gasteiger partial charge in [-0.3, -0.25) is 0 Å². The molecule has 0 bridgehead atoms. The third-order valence-corrected chi connectivity index (χ3v) is 2.99. The second-order valence-electron chi connectivity index (χ2n) is 3.70. The van der Waals surface area contributed by atoms with Gasteiger partial charge in [0.15, 0.2) is 7.98 Å². The maximum Gasteiger partial charge on any atom is 0.183 e. The molecule has 3 unspecified atom stereocenters. The molecule has 0 amide bonds. The molecule has 2 heteroatoms. The molecule has 0 aromatic heterocycles. The van der Waals surface area contributed by atoms with Crippen molar-refractivity contribution in [2.75, 3.05) is 0 Å². The molecule has 0 saturated carbocycles. The van der Waals surface area contributed by atoms with Gasteiger partial charge in [0.25, 0.3) is 0 Å². The van der Waals surface area contributed by atoms with Gasteiger partial charge >= 0.3 is 0 Å². The van der Waals surface area contributed by atoms with Gasteiger partial charge in [-0.15, -0.1) is 0 Å². The van der Waals surface area contributed by atoms with Gasteiger partial charge in [0.2, 0.25) is 0 Å².